The van der Waals surface area contributed by atoms with Gasteiger partial charge in [0.2, 0.25) is 0 Å². The number of para-hydroxylation sites is 1. The Morgan fingerprint density at radius 1 is 1.17 bits per heavy atom. The molecule has 10 nitrogen and oxygen atoms in total. The number of aryl methyl sites for hydroxylation is 2. The van der Waals surface area contributed by atoms with Crippen LogP contribution in [0.4, 0.5) is 21.0 Å². The van der Waals surface area contributed by atoms with Gasteiger partial charge in [-0.2, -0.15) is 9.98 Å². The van der Waals surface area contributed by atoms with Crippen LogP contribution in [0.3, 0.4) is 0 Å². The maximum atomic E-state index is 13.2. The molecule has 0 aromatic heterocycles. The standard InChI is InChI=1S/C32H34N6O4/c1-4-5-13-34-14-15-35-30(39)28(21-24-19-22(2)29(33)23(3)20-24)42-32(41)37-16-11-26(12-17-37)38-18-10-25-8-6-7-9-27(25)36-31(38)40/h6-9,13,19-20,26,28H,1,10-12,16-18,21,33H2,2-3H3,(H,36,40)/t28-/m1/s1. The van der Waals surface area contributed by atoms with E-state index in [1.807, 2.05) is 55.1 Å². The number of amides is 4. The fourth-order valence-corrected chi connectivity index (χ4v) is 5.16. The lowest BCUT2D eigenvalue weighted by Crippen LogP contribution is -2.50. The summed E-state index contributed by atoms with van der Waals surface area (Å²) in [7, 11) is 0. The molecular weight excluding hydrogens is 532 g/mol. The molecule has 0 unspecified atom stereocenters. The third-order valence-electron chi connectivity index (χ3n) is 7.41. The molecule has 2 aromatic rings. The molecule has 0 aliphatic carbocycles. The lowest BCUT2D eigenvalue weighted by Gasteiger charge is -2.37. The van der Waals surface area contributed by atoms with E-state index in [2.05, 4.69) is 45.1 Å². The number of fused-ring (bicyclic) bond motifs is 1. The molecule has 0 radical (unpaired) electrons. The second-order valence-electron chi connectivity index (χ2n) is 10.2. The van der Waals surface area contributed by atoms with Gasteiger partial charge in [0.05, 0.1) is 17.9 Å². The van der Waals surface area contributed by atoms with Crippen LogP contribution in [-0.2, 0) is 22.4 Å². The number of nitrogens with zero attached hydrogens (tertiary/aromatic N) is 4. The van der Waals surface area contributed by atoms with Gasteiger partial charge in [-0.05, 0) is 73.7 Å². The molecule has 2 aromatic carbocycles. The van der Waals surface area contributed by atoms with Gasteiger partial charge in [-0.1, -0.05) is 36.1 Å². The van der Waals surface area contributed by atoms with E-state index >= 15 is 0 Å². The van der Waals surface area contributed by atoms with Crippen molar-refractivity contribution in [3.05, 3.63) is 82.9 Å². The minimum atomic E-state index is -1.19. The first-order chi connectivity index (χ1) is 20.3. The number of hydrogen-bond donors (Lipinski definition) is 2. The van der Waals surface area contributed by atoms with E-state index < -0.39 is 18.1 Å². The summed E-state index contributed by atoms with van der Waals surface area (Å²) in [6, 6.07) is 11.4. The molecule has 1 fully saturated rings. The number of likely N-dealkylation sites (tertiary alicyclic amines) is 1. The van der Waals surface area contributed by atoms with E-state index in [1.54, 1.807) is 4.90 Å². The minimum Gasteiger partial charge on any atom is -0.435 e. The van der Waals surface area contributed by atoms with Crippen LogP contribution >= 0.6 is 0 Å². The van der Waals surface area contributed by atoms with Gasteiger partial charge in [0.25, 0.3) is 5.91 Å². The van der Waals surface area contributed by atoms with Crippen LogP contribution < -0.4 is 11.1 Å². The molecule has 2 aliphatic rings. The van der Waals surface area contributed by atoms with Crippen molar-refractivity contribution in [1.29, 1.82) is 0 Å². The summed E-state index contributed by atoms with van der Waals surface area (Å²) < 4.78 is 5.71. The molecule has 10 heteroatoms. The number of anilines is 2. The van der Waals surface area contributed by atoms with Crippen molar-refractivity contribution in [2.24, 2.45) is 9.98 Å². The zero-order valence-electron chi connectivity index (χ0n) is 23.9. The molecule has 4 amide bonds. The van der Waals surface area contributed by atoms with Gasteiger partial charge >= 0.3 is 12.1 Å². The minimum absolute atomic E-state index is 0.0134. The summed E-state index contributed by atoms with van der Waals surface area (Å²) in [6.45, 7) is 8.50. The maximum absolute atomic E-state index is 13.2. The Kier molecular flexibility index (Phi) is 9.96. The average molecular weight is 567 g/mol. The largest absolute Gasteiger partial charge is 0.435 e. The van der Waals surface area contributed by atoms with Crippen molar-refractivity contribution in [3.8, 4) is 0 Å². The number of aliphatic imine (C=N–C) groups is 2. The fourth-order valence-electron chi connectivity index (χ4n) is 5.16. The first kappa shape index (κ1) is 29.9. The molecular formula is C32H34N6O4. The van der Waals surface area contributed by atoms with E-state index in [1.165, 1.54) is 6.20 Å². The topological polar surface area (TPSA) is 130 Å². The monoisotopic (exact) mass is 566 g/mol. The predicted octanol–water partition coefficient (Wildman–Crippen LogP) is 4.36. The van der Waals surface area contributed by atoms with Crippen LogP contribution in [0, 0.1) is 13.8 Å². The first-order valence-corrected chi connectivity index (χ1v) is 13.8. The number of benzene rings is 2. The molecule has 2 aliphatic heterocycles. The summed E-state index contributed by atoms with van der Waals surface area (Å²) in [5.41, 5.74) is 16.1. The summed E-state index contributed by atoms with van der Waals surface area (Å²) in [6.07, 6.45) is 1.50. The number of ether oxygens (including phenoxy) is 1. The number of nitrogens with one attached hydrogen (secondary N) is 1. The third-order valence-corrected chi connectivity index (χ3v) is 7.41. The highest BCUT2D eigenvalue weighted by Gasteiger charge is 2.33. The Balaban J connectivity index is 1.43. The fraction of sp³-hybridized carbons (Fsp3) is 0.344. The molecule has 42 heavy (non-hydrogen) atoms. The van der Waals surface area contributed by atoms with Gasteiger partial charge < -0.3 is 25.6 Å². The number of carbonyl (C=O) groups is 3. The van der Waals surface area contributed by atoms with E-state index in [9.17, 15) is 14.4 Å². The molecule has 2 heterocycles. The third kappa shape index (κ3) is 7.55. The van der Waals surface area contributed by atoms with Gasteiger partial charge in [0.1, 0.15) is 0 Å². The van der Waals surface area contributed by atoms with Crippen molar-refractivity contribution >= 4 is 41.1 Å². The molecule has 3 N–H and O–H groups in total. The highest BCUT2D eigenvalue weighted by Crippen LogP contribution is 2.25. The quantitative estimate of drug-likeness (QED) is 0.305. The highest BCUT2D eigenvalue weighted by molar-refractivity contribution is 5.97. The lowest BCUT2D eigenvalue weighted by atomic mass is 10.00. The van der Waals surface area contributed by atoms with Crippen LogP contribution in [0.15, 0.2) is 70.6 Å². The molecule has 0 bridgehead atoms. The van der Waals surface area contributed by atoms with E-state index in [0.29, 0.717) is 38.2 Å². The van der Waals surface area contributed by atoms with Crippen molar-refractivity contribution in [3.63, 3.8) is 0 Å². The van der Waals surface area contributed by atoms with Crippen molar-refractivity contribution in [2.45, 2.75) is 51.7 Å². The molecule has 4 rings (SSSR count). The Bertz CT molecular complexity index is 1530. The van der Waals surface area contributed by atoms with Crippen LogP contribution in [0.2, 0.25) is 0 Å². The van der Waals surface area contributed by atoms with E-state index in [4.69, 9.17) is 10.5 Å². The van der Waals surface area contributed by atoms with Crippen LogP contribution in [0.25, 0.3) is 0 Å². The van der Waals surface area contributed by atoms with Gasteiger partial charge in [0.15, 0.2) is 6.10 Å². The second kappa shape index (κ2) is 14.0. The summed E-state index contributed by atoms with van der Waals surface area (Å²) in [5.74, 6) is 3.99. The van der Waals surface area contributed by atoms with Gasteiger partial charge in [0, 0.05) is 43.5 Å². The van der Waals surface area contributed by atoms with Crippen LogP contribution in [0.1, 0.15) is 35.1 Å². The van der Waals surface area contributed by atoms with E-state index in [0.717, 1.165) is 34.4 Å². The Morgan fingerprint density at radius 3 is 2.60 bits per heavy atom. The predicted molar refractivity (Wildman–Crippen MR) is 162 cm³/mol. The van der Waals surface area contributed by atoms with Gasteiger partial charge in [-0.15, -0.1) is 0 Å². The number of nitrogen functional groups attached to an aromatic ring is 1. The lowest BCUT2D eigenvalue weighted by molar-refractivity contribution is -0.126. The zero-order valence-corrected chi connectivity index (χ0v) is 23.9. The van der Waals surface area contributed by atoms with Crippen LogP contribution in [-0.4, -0.2) is 71.4 Å². The van der Waals surface area contributed by atoms with Crippen molar-refractivity contribution in [2.75, 3.05) is 30.7 Å². The SMILES string of the molecule is C=C=C=CN=C=C=NC(=O)[C@@H](Cc1cc(C)c(N)c(C)c1)OC(=O)N1CCC(N2CCc3ccccc3NC2=O)CC1. The number of carbonyl (C=O) groups excluding carboxylic acids is 3. The summed E-state index contributed by atoms with van der Waals surface area (Å²) in [4.78, 5) is 50.0. The number of urea groups is 1. The normalized spacial score (nSPS) is 15.3. The van der Waals surface area contributed by atoms with Gasteiger partial charge in [-0.25, -0.2) is 9.59 Å². The Morgan fingerprint density at radius 2 is 1.88 bits per heavy atom. The highest BCUT2D eigenvalue weighted by atomic mass is 16.6. The molecule has 1 saturated heterocycles. The Labute approximate surface area is 245 Å². The number of hydrogen-bond acceptors (Lipinski definition) is 6. The summed E-state index contributed by atoms with van der Waals surface area (Å²) in [5, 5.41) is 3.00. The van der Waals surface area contributed by atoms with Crippen molar-refractivity contribution in [1.82, 2.24) is 9.80 Å². The number of nitrogens with two attached hydrogens (primary N) is 1. The van der Waals surface area contributed by atoms with Crippen molar-refractivity contribution < 1.29 is 19.1 Å². The zero-order chi connectivity index (χ0) is 30.1. The molecule has 0 spiro atoms. The summed E-state index contributed by atoms with van der Waals surface area (Å²) >= 11 is 0. The van der Waals surface area contributed by atoms with Crippen LogP contribution in [0.5, 0.6) is 0 Å². The molecule has 216 valence electrons. The molecule has 1 atom stereocenters. The molecule has 0 saturated carbocycles. The smallest absolute Gasteiger partial charge is 0.410 e. The average Bonchev–Trinajstić information content (AvgIpc) is 3.15. The maximum Gasteiger partial charge on any atom is 0.410 e. The number of piperidine rings is 1. The van der Waals surface area contributed by atoms with Gasteiger partial charge in [-0.3, -0.25) is 4.79 Å². The first-order valence-electron chi connectivity index (χ1n) is 13.8. The number of rotatable bonds is 6. The van der Waals surface area contributed by atoms with E-state index in [-0.39, 0.29) is 18.5 Å². The Hall–Kier alpha value is -5.09. The second-order valence-corrected chi connectivity index (χ2v) is 10.2.